The van der Waals surface area contributed by atoms with Gasteiger partial charge in [-0.25, -0.2) is 4.79 Å². The number of aromatic nitrogens is 2. The number of aryl methyl sites for hydroxylation is 1. The van der Waals surface area contributed by atoms with Crippen LogP contribution in [0, 0.1) is 0 Å². The Morgan fingerprint density at radius 3 is 2.58 bits per heavy atom. The van der Waals surface area contributed by atoms with Crippen LogP contribution < -0.4 is 0 Å². The number of nitrogens with zero attached hydrogens (tertiary/aromatic N) is 2. The standard InChI is InChI=1S/C13H11ClN2O3/c1-7(17)12-11(6-15-16(12)2)10-5-8(14)3-4-9(10)13(18)19/h3-6H,1-2H3,(H,18,19). The van der Waals surface area contributed by atoms with Gasteiger partial charge >= 0.3 is 5.97 Å². The Morgan fingerprint density at radius 2 is 2.00 bits per heavy atom. The first-order valence-corrected chi connectivity index (χ1v) is 5.85. The molecule has 0 spiro atoms. The summed E-state index contributed by atoms with van der Waals surface area (Å²) in [6.07, 6.45) is 1.47. The smallest absolute Gasteiger partial charge is 0.336 e. The van der Waals surface area contributed by atoms with Crippen molar-refractivity contribution in [3.05, 3.63) is 40.7 Å². The van der Waals surface area contributed by atoms with Crippen LogP contribution in [-0.2, 0) is 7.05 Å². The fourth-order valence-corrected chi connectivity index (χ4v) is 2.15. The Morgan fingerprint density at radius 1 is 1.32 bits per heavy atom. The van der Waals surface area contributed by atoms with Gasteiger partial charge in [-0.15, -0.1) is 0 Å². The third-order valence-corrected chi connectivity index (χ3v) is 3.01. The van der Waals surface area contributed by atoms with Crippen LogP contribution in [0.15, 0.2) is 24.4 Å². The maximum absolute atomic E-state index is 11.6. The van der Waals surface area contributed by atoms with Crippen molar-refractivity contribution in [1.29, 1.82) is 0 Å². The molecule has 0 saturated heterocycles. The molecule has 2 rings (SSSR count). The Kier molecular flexibility index (Phi) is 3.40. The molecule has 0 aliphatic rings. The monoisotopic (exact) mass is 278 g/mol. The van der Waals surface area contributed by atoms with Gasteiger partial charge in [-0.05, 0) is 18.2 Å². The summed E-state index contributed by atoms with van der Waals surface area (Å²) in [5, 5.41) is 13.6. The van der Waals surface area contributed by atoms with Crippen LogP contribution in [0.3, 0.4) is 0 Å². The molecule has 19 heavy (non-hydrogen) atoms. The normalized spacial score (nSPS) is 10.5. The quantitative estimate of drug-likeness (QED) is 0.876. The average Bonchev–Trinajstić information content (AvgIpc) is 2.70. The minimum atomic E-state index is -1.08. The summed E-state index contributed by atoms with van der Waals surface area (Å²) in [5.41, 5.74) is 1.29. The third-order valence-electron chi connectivity index (χ3n) is 2.77. The van der Waals surface area contributed by atoms with Crippen molar-refractivity contribution < 1.29 is 14.7 Å². The van der Waals surface area contributed by atoms with E-state index in [1.807, 2.05) is 0 Å². The molecule has 2 aromatic rings. The van der Waals surface area contributed by atoms with Gasteiger partial charge in [0.2, 0.25) is 0 Å². The summed E-state index contributed by atoms with van der Waals surface area (Å²) in [6.45, 7) is 1.41. The van der Waals surface area contributed by atoms with E-state index in [1.54, 1.807) is 7.05 Å². The minimum Gasteiger partial charge on any atom is -0.478 e. The lowest BCUT2D eigenvalue weighted by Gasteiger charge is -2.07. The van der Waals surface area contributed by atoms with Gasteiger partial charge in [0.05, 0.1) is 11.8 Å². The Bertz CT molecular complexity index is 677. The average molecular weight is 279 g/mol. The second-order valence-electron chi connectivity index (χ2n) is 4.08. The molecule has 0 unspecified atom stereocenters. The first-order chi connectivity index (χ1) is 8.91. The molecule has 1 aromatic heterocycles. The van der Waals surface area contributed by atoms with Crippen molar-refractivity contribution in [1.82, 2.24) is 9.78 Å². The van der Waals surface area contributed by atoms with E-state index < -0.39 is 5.97 Å². The lowest BCUT2D eigenvalue weighted by Crippen LogP contribution is -2.06. The molecule has 0 bridgehead atoms. The molecule has 0 aliphatic carbocycles. The molecule has 0 amide bonds. The number of hydrogen-bond donors (Lipinski definition) is 1. The van der Waals surface area contributed by atoms with Gasteiger partial charge in [0.25, 0.3) is 0 Å². The van der Waals surface area contributed by atoms with E-state index in [2.05, 4.69) is 5.10 Å². The number of carbonyl (C=O) groups is 2. The van der Waals surface area contributed by atoms with E-state index >= 15 is 0 Å². The number of ketones is 1. The van der Waals surface area contributed by atoms with E-state index in [9.17, 15) is 14.7 Å². The zero-order chi connectivity index (χ0) is 14.2. The number of carboxylic acid groups (broad SMARTS) is 1. The highest BCUT2D eigenvalue weighted by Crippen LogP contribution is 2.29. The summed E-state index contributed by atoms with van der Waals surface area (Å²) < 4.78 is 1.42. The maximum atomic E-state index is 11.6. The summed E-state index contributed by atoms with van der Waals surface area (Å²) in [4.78, 5) is 22.9. The second-order valence-corrected chi connectivity index (χ2v) is 4.52. The van der Waals surface area contributed by atoms with Gasteiger partial charge in [-0.3, -0.25) is 9.48 Å². The number of halogens is 1. The van der Waals surface area contributed by atoms with E-state index in [-0.39, 0.29) is 11.3 Å². The molecule has 0 aliphatic heterocycles. The lowest BCUT2D eigenvalue weighted by molar-refractivity contribution is 0.0697. The van der Waals surface area contributed by atoms with Crippen LogP contribution in [0.25, 0.3) is 11.1 Å². The van der Waals surface area contributed by atoms with Crippen molar-refractivity contribution >= 4 is 23.4 Å². The fourth-order valence-electron chi connectivity index (χ4n) is 1.98. The summed E-state index contributed by atoms with van der Waals surface area (Å²) in [6, 6.07) is 4.43. The molecule has 0 atom stereocenters. The number of aromatic carboxylic acids is 1. The molecule has 1 aromatic carbocycles. The van der Waals surface area contributed by atoms with Gasteiger partial charge in [0.1, 0.15) is 5.69 Å². The highest BCUT2D eigenvalue weighted by atomic mass is 35.5. The van der Waals surface area contributed by atoms with Crippen LogP contribution >= 0.6 is 11.6 Å². The zero-order valence-electron chi connectivity index (χ0n) is 10.3. The van der Waals surface area contributed by atoms with Gasteiger partial charge in [0, 0.05) is 30.1 Å². The molecule has 1 N–H and O–H groups in total. The van der Waals surface area contributed by atoms with Crippen LogP contribution in [-0.4, -0.2) is 26.6 Å². The lowest BCUT2D eigenvalue weighted by atomic mass is 9.99. The van der Waals surface area contributed by atoms with Crippen molar-refractivity contribution in [2.45, 2.75) is 6.92 Å². The molecule has 6 heteroatoms. The van der Waals surface area contributed by atoms with Crippen LogP contribution in [0.1, 0.15) is 27.8 Å². The van der Waals surface area contributed by atoms with Crippen molar-refractivity contribution in [3.8, 4) is 11.1 Å². The first kappa shape index (κ1) is 13.3. The topological polar surface area (TPSA) is 72.2 Å². The number of Topliss-reactive ketones (excluding diaryl/α,β-unsaturated/α-hetero) is 1. The third kappa shape index (κ3) is 2.37. The summed E-state index contributed by atoms with van der Waals surface area (Å²) in [7, 11) is 1.63. The second kappa shape index (κ2) is 4.85. The van der Waals surface area contributed by atoms with Crippen LogP contribution in [0.4, 0.5) is 0 Å². The molecule has 5 nitrogen and oxygen atoms in total. The first-order valence-electron chi connectivity index (χ1n) is 5.48. The van der Waals surface area contributed by atoms with Crippen molar-refractivity contribution in [2.24, 2.45) is 7.05 Å². The molecule has 0 fully saturated rings. The summed E-state index contributed by atoms with van der Waals surface area (Å²) in [5.74, 6) is -1.27. The highest BCUT2D eigenvalue weighted by Gasteiger charge is 2.20. The van der Waals surface area contributed by atoms with Gasteiger partial charge < -0.3 is 5.11 Å². The number of hydrogen-bond acceptors (Lipinski definition) is 3. The Labute approximate surface area is 114 Å². The highest BCUT2D eigenvalue weighted by molar-refractivity contribution is 6.31. The van der Waals surface area contributed by atoms with Gasteiger partial charge in [0.15, 0.2) is 5.78 Å². The van der Waals surface area contributed by atoms with E-state index in [4.69, 9.17) is 11.6 Å². The van der Waals surface area contributed by atoms with Gasteiger partial charge in [-0.1, -0.05) is 11.6 Å². The predicted molar refractivity (Wildman–Crippen MR) is 70.6 cm³/mol. The number of carbonyl (C=O) groups excluding carboxylic acids is 1. The summed E-state index contributed by atoms with van der Waals surface area (Å²) >= 11 is 5.91. The van der Waals surface area contributed by atoms with Crippen LogP contribution in [0.2, 0.25) is 5.02 Å². The zero-order valence-corrected chi connectivity index (χ0v) is 11.1. The number of carboxylic acids is 1. The molecular weight excluding hydrogens is 268 g/mol. The fraction of sp³-hybridized carbons (Fsp3) is 0.154. The maximum Gasteiger partial charge on any atom is 0.336 e. The Hall–Kier alpha value is -2.14. The molecule has 0 saturated carbocycles. The minimum absolute atomic E-state index is 0.0832. The van der Waals surface area contributed by atoms with Crippen molar-refractivity contribution in [3.63, 3.8) is 0 Å². The number of rotatable bonds is 3. The molecule has 0 radical (unpaired) electrons. The predicted octanol–water partition coefficient (Wildman–Crippen LogP) is 2.64. The van der Waals surface area contributed by atoms with E-state index in [1.165, 1.54) is 36.0 Å². The SMILES string of the molecule is CC(=O)c1c(-c2cc(Cl)ccc2C(=O)O)cnn1C. The largest absolute Gasteiger partial charge is 0.478 e. The molecular formula is C13H11ClN2O3. The molecule has 98 valence electrons. The Balaban J connectivity index is 2.75. The van der Waals surface area contributed by atoms with E-state index in [0.717, 1.165) is 0 Å². The number of benzene rings is 1. The van der Waals surface area contributed by atoms with Crippen molar-refractivity contribution in [2.75, 3.05) is 0 Å². The molecule has 1 heterocycles. The van der Waals surface area contributed by atoms with Gasteiger partial charge in [-0.2, -0.15) is 5.10 Å². The van der Waals surface area contributed by atoms with Crippen LogP contribution in [0.5, 0.6) is 0 Å². The van der Waals surface area contributed by atoms with E-state index in [0.29, 0.717) is 21.8 Å².